The molecule has 1 aromatic heterocycles. The van der Waals surface area contributed by atoms with E-state index in [2.05, 4.69) is 38.4 Å². The number of nitrogens with one attached hydrogen (secondary N) is 1. The van der Waals surface area contributed by atoms with Crippen molar-refractivity contribution in [2.24, 2.45) is 0 Å². The molecular weight excluding hydrogens is 244 g/mol. The summed E-state index contributed by atoms with van der Waals surface area (Å²) in [6.45, 7) is 11.5. The molecule has 18 heavy (non-hydrogen) atoms. The van der Waals surface area contributed by atoms with Gasteiger partial charge in [-0.05, 0) is 19.8 Å². The number of rotatable bonds is 3. The van der Waals surface area contributed by atoms with Crippen LogP contribution in [0.5, 0.6) is 0 Å². The Morgan fingerprint density at radius 1 is 1.39 bits per heavy atom. The minimum Gasteiger partial charge on any atom is -0.381 e. The maximum Gasteiger partial charge on any atom is 0.107 e. The summed E-state index contributed by atoms with van der Waals surface area (Å²) in [5.41, 5.74) is 1.56. The molecule has 1 fully saturated rings. The molecule has 4 heteroatoms. The molecule has 0 saturated carbocycles. The van der Waals surface area contributed by atoms with E-state index in [1.54, 1.807) is 11.3 Å². The van der Waals surface area contributed by atoms with E-state index in [0.717, 1.165) is 32.6 Å². The number of nitrogens with zero attached hydrogens (tertiary/aromatic N) is 1. The van der Waals surface area contributed by atoms with Gasteiger partial charge in [-0.15, -0.1) is 11.3 Å². The Bertz CT molecular complexity index is 389. The second kappa shape index (κ2) is 5.27. The minimum absolute atomic E-state index is 0.150. The molecule has 1 saturated heterocycles. The molecule has 0 unspecified atom stereocenters. The van der Waals surface area contributed by atoms with Crippen LogP contribution in [0.2, 0.25) is 0 Å². The van der Waals surface area contributed by atoms with Gasteiger partial charge in [0, 0.05) is 36.1 Å². The summed E-state index contributed by atoms with van der Waals surface area (Å²) in [6, 6.07) is 0. The monoisotopic (exact) mass is 268 g/mol. The largest absolute Gasteiger partial charge is 0.381 e. The van der Waals surface area contributed by atoms with Crippen molar-refractivity contribution < 1.29 is 4.74 Å². The predicted octanol–water partition coefficient (Wildman–Crippen LogP) is 3.10. The van der Waals surface area contributed by atoms with Crippen LogP contribution >= 0.6 is 11.3 Å². The molecule has 102 valence electrons. The van der Waals surface area contributed by atoms with E-state index < -0.39 is 0 Å². The molecule has 2 rings (SSSR count). The van der Waals surface area contributed by atoms with Gasteiger partial charge in [0.1, 0.15) is 5.01 Å². The van der Waals surface area contributed by atoms with Gasteiger partial charge in [-0.2, -0.15) is 0 Å². The molecule has 0 atom stereocenters. The van der Waals surface area contributed by atoms with Crippen LogP contribution < -0.4 is 5.32 Å². The maximum absolute atomic E-state index is 5.41. The SMILES string of the molecule is CC1(NCc2nc(C(C)(C)C)cs2)CCOCC1. The first-order valence-electron chi connectivity index (χ1n) is 6.67. The summed E-state index contributed by atoms with van der Waals surface area (Å²) in [7, 11) is 0. The number of hydrogen-bond donors (Lipinski definition) is 1. The molecule has 0 spiro atoms. The molecule has 1 aromatic rings. The lowest BCUT2D eigenvalue weighted by Crippen LogP contribution is -2.46. The third kappa shape index (κ3) is 3.53. The summed E-state index contributed by atoms with van der Waals surface area (Å²) in [5.74, 6) is 0. The smallest absolute Gasteiger partial charge is 0.107 e. The van der Waals surface area contributed by atoms with Crippen LogP contribution in [0.4, 0.5) is 0 Å². The van der Waals surface area contributed by atoms with E-state index in [1.165, 1.54) is 10.7 Å². The van der Waals surface area contributed by atoms with Crippen molar-refractivity contribution in [3.05, 3.63) is 16.1 Å². The van der Waals surface area contributed by atoms with Gasteiger partial charge in [-0.1, -0.05) is 20.8 Å². The Morgan fingerprint density at radius 2 is 2.06 bits per heavy atom. The number of aromatic nitrogens is 1. The lowest BCUT2D eigenvalue weighted by Gasteiger charge is -2.34. The van der Waals surface area contributed by atoms with Gasteiger partial charge >= 0.3 is 0 Å². The van der Waals surface area contributed by atoms with Crippen molar-refractivity contribution in [2.45, 2.75) is 58.0 Å². The Kier molecular flexibility index (Phi) is 4.09. The van der Waals surface area contributed by atoms with E-state index in [1.807, 2.05) is 0 Å². The summed E-state index contributed by atoms with van der Waals surface area (Å²) < 4.78 is 5.41. The van der Waals surface area contributed by atoms with E-state index in [4.69, 9.17) is 9.72 Å². The Balaban J connectivity index is 1.92. The topological polar surface area (TPSA) is 34.2 Å². The summed E-state index contributed by atoms with van der Waals surface area (Å²) >= 11 is 1.76. The highest BCUT2D eigenvalue weighted by Gasteiger charge is 2.27. The summed E-state index contributed by atoms with van der Waals surface area (Å²) in [6.07, 6.45) is 2.18. The molecule has 3 nitrogen and oxygen atoms in total. The Labute approximate surface area is 114 Å². The fourth-order valence-electron chi connectivity index (χ4n) is 2.02. The molecule has 1 N–H and O–H groups in total. The average molecular weight is 268 g/mol. The van der Waals surface area contributed by atoms with Gasteiger partial charge < -0.3 is 10.1 Å². The van der Waals surface area contributed by atoms with Gasteiger partial charge in [0.05, 0.1) is 5.69 Å². The molecule has 1 aliphatic heterocycles. The van der Waals surface area contributed by atoms with Crippen molar-refractivity contribution in [3.8, 4) is 0 Å². The average Bonchev–Trinajstić information content (AvgIpc) is 2.76. The minimum atomic E-state index is 0.150. The molecule has 0 amide bonds. The highest BCUT2D eigenvalue weighted by molar-refractivity contribution is 7.09. The molecule has 0 radical (unpaired) electrons. The standard InChI is InChI=1S/C14H24N2OS/c1-13(2,3)11-10-18-12(16-11)9-15-14(4)5-7-17-8-6-14/h10,15H,5-9H2,1-4H3. The fraction of sp³-hybridized carbons (Fsp3) is 0.786. The normalized spacial score (nSPS) is 20.0. The molecule has 1 aliphatic rings. The molecule has 0 aromatic carbocycles. The second-order valence-corrected chi connectivity index (χ2v) is 7.35. The van der Waals surface area contributed by atoms with E-state index >= 15 is 0 Å². The fourth-order valence-corrected chi connectivity index (χ4v) is 2.98. The van der Waals surface area contributed by atoms with Gasteiger partial charge in [0.2, 0.25) is 0 Å². The Hall–Kier alpha value is -0.450. The van der Waals surface area contributed by atoms with E-state index in [-0.39, 0.29) is 11.0 Å². The van der Waals surface area contributed by atoms with Crippen molar-refractivity contribution >= 4 is 11.3 Å². The van der Waals surface area contributed by atoms with Crippen LogP contribution in [0.15, 0.2) is 5.38 Å². The third-order valence-corrected chi connectivity index (χ3v) is 4.43. The Morgan fingerprint density at radius 3 is 2.61 bits per heavy atom. The molecule has 0 bridgehead atoms. The predicted molar refractivity (Wildman–Crippen MR) is 76.1 cm³/mol. The number of thiazole rings is 1. The van der Waals surface area contributed by atoms with Crippen molar-refractivity contribution in [3.63, 3.8) is 0 Å². The zero-order valence-electron chi connectivity index (χ0n) is 11.9. The van der Waals surface area contributed by atoms with Crippen molar-refractivity contribution in [1.82, 2.24) is 10.3 Å². The lowest BCUT2D eigenvalue weighted by molar-refractivity contribution is 0.0446. The van der Waals surface area contributed by atoms with E-state index in [9.17, 15) is 0 Å². The van der Waals surface area contributed by atoms with Crippen LogP contribution in [0.25, 0.3) is 0 Å². The van der Waals surface area contributed by atoms with Gasteiger partial charge in [-0.25, -0.2) is 4.98 Å². The first kappa shape index (κ1) is 14.0. The second-order valence-electron chi connectivity index (χ2n) is 6.40. The number of hydrogen-bond acceptors (Lipinski definition) is 4. The van der Waals surface area contributed by atoms with Gasteiger partial charge in [0.15, 0.2) is 0 Å². The highest BCUT2D eigenvalue weighted by atomic mass is 32.1. The van der Waals surface area contributed by atoms with Crippen molar-refractivity contribution in [1.29, 1.82) is 0 Å². The molecule has 0 aliphatic carbocycles. The highest BCUT2D eigenvalue weighted by Crippen LogP contribution is 2.25. The zero-order valence-corrected chi connectivity index (χ0v) is 12.7. The van der Waals surface area contributed by atoms with Crippen LogP contribution in [0, 0.1) is 0 Å². The molecule has 2 heterocycles. The first-order chi connectivity index (χ1) is 8.39. The van der Waals surface area contributed by atoms with Crippen LogP contribution in [0.3, 0.4) is 0 Å². The van der Waals surface area contributed by atoms with Crippen LogP contribution in [-0.2, 0) is 16.7 Å². The summed E-state index contributed by atoms with van der Waals surface area (Å²) in [4.78, 5) is 4.72. The molecular formula is C14H24N2OS. The van der Waals surface area contributed by atoms with Crippen molar-refractivity contribution in [2.75, 3.05) is 13.2 Å². The first-order valence-corrected chi connectivity index (χ1v) is 7.55. The van der Waals surface area contributed by atoms with Crippen LogP contribution in [-0.4, -0.2) is 23.7 Å². The third-order valence-electron chi connectivity index (χ3n) is 3.58. The van der Waals surface area contributed by atoms with Crippen LogP contribution in [0.1, 0.15) is 51.2 Å². The maximum atomic E-state index is 5.41. The van der Waals surface area contributed by atoms with E-state index in [0.29, 0.717) is 0 Å². The van der Waals surface area contributed by atoms with Gasteiger partial charge in [-0.3, -0.25) is 0 Å². The lowest BCUT2D eigenvalue weighted by atomic mass is 9.92. The summed E-state index contributed by atoms with van der Waals surface area (Å²) in [5, 5.41) is 7.02. The number of ether oxygens (including phenoxy) is 1. The zero-order chi connectivity index (χ0) is 13.2. The van der Waals surface area contributed by atoms with Gasteiger partial charge in [0.25, 0.3) is 0 Å². The quantitative estimate of drug-likeness (QED) is 0.914.